The molecule has 0 saturated heterocycles. The van der Waals surface area contributed by atoms with Gasteiger partial charge in [0.2, 0.25) is 5.91 Å². The molecule has 0 aliphatic carbocycles. The molecule has 1 heterocycles. The lowest BCUT2D eigenvalue weighted by Crippen LogP contribution is -2.28. The number of carbonyl (C=O) groups is 1. The number of carbonyl (C=O) groups excluding carboxylic acids is 1. The van der Waals surface area contributed by atoms with Gasteiger partial charge >= 0.3 is 0 Å². The summed E-state index contributed by atoms with van der Waals surface area (Å²) in [5.74, 6) is 0.326. The van der Waals surface area contributed by atoms with Gasteiger partial charge in [-0.25, -0.2) is 9.97 Å². The third kappa shape index (κ3) is 3.87. The van der Waals surface area contributed by atoms with Gasteiger partial charge in [0, 0.05) is 5.39 Å². The molecule has 0 aliphatic rings. The van der Waals surface area contributed by atoms with Gasteiger partial charge in [0.25, 0.3) is 0 Å². The topological polar surface area (TPSA) is 54.9 Å². The Balaban J connectivity index is 1.62. The van der Waals surface area contributed by atoms with Gasteiger partial charge in [-0.3, -0.25) is 4.79 Å². The highest BCUT2D eigenvalue weighted by atomic mass is 32.2. The van der Waals surface area contributed by atoms with Crippen molar-refractivity contribution in [1.29, 1.82) is 0 Å². The molecular weight excluding hydrogens is 306 g/mol. The van der Waals surface area contributed by atoms with E-state index in [-0.39, 0.29) is 11.9 Å². The minimum Gasteiger partial charge on any atom is -0.349 e. The molecule has 1 aromatic heterocycles. The van der Waals surface area contributed by atoms with Crippen molar-refractivity contribution in [3.8, 4) is 0 Å². The van der Waals surface area contributed by atoms with E-state index in [9.17, 15) is 4.79 Å². The summed E-state index contributed by atoms with van der Waals surface area (Å²) in [6.07, 6.45) is 1.54. The van der Waals surface area contributed by atoms with Crippen molar-refractivity contribution in [2.45, 2.75) is 18.0 Å². The fourth-order valence-corrected chi connectivity index (χ4v) is 3.14. The van der Waals surface area contributed by atoms with Crippen LogP contribution in [0.4, 0.5) is 0 Å². The Hall–Kier alpha value is -2.40. The molecule has 5 heteroatoms. The Morgan fingerprint density at radius 1 is 1.09 bits per heavy atom. The van der Waals surface area contributed by atoms with Crippen LogP contribution in [0.1, 0.15) is 18.5 Å². The van der Waals surface area contributed by atoms with Crippen molar-refractivity contribution in [3.05, 3.63) is 66.5 Å². The summed E-state index contributed by atoms with van der Waals surface area (Å²) in [4.78, 5) is 20.7. The number of rotatable bonds is 5. The maximum atomic E-state index is 12.2. The van der Waals surface area contributed by atoms with Crippen molar-refractivity contribution in [1.82, 2.24) is 15.3 Å². The standard InChI is InChI=1S/C18H17N3OS/c1-13(14-7-3-2-4-8-14)21-17(22)11-23-18-15-9-5-6-10-16(15)19-12-20-18/h2-10,12-13H,11H2,1H3,(H,21,22)/t13-/m1/s1. The van der Waals surface area contributed by atoms with Gasteiger partial charge in [0.1, 0.15) is 11.4 Å². The molecule has 4 nitrogen and oxygen atoms in total. The average molecular weight is 323 g/mol. The Morgan fingerprint density at radius 3 is 2.65 bits per heavy atom. The molecule has 23 heavy (non-hydrogen) atoms. The molecule has 0 aliphatic heterocycles. The third-order valence-electron chi connectivity index (χ3n) is 3.52. The lowest BCUT2D eigenvalue weighted by Gasteiger charge is -2.14. The highest BCUT2D eigenvalue weighted by Crippen LogP contribution is 2.24. The van der Waals surface area contributed by atoms with Crippen LogP contribution in [0.15, 0.2) is 66.0 Å². The van der Waals surface area contributed by atoms with Crippen LogP contribution in [0, 0.1) is 0 Å². The minimum atomic E-state index is -0.00792. The first-order chi connectivity index (χ1) is 11.2. The SMILES string of the molecule is C[C@@H](NC(=O)CSc1ncnc2ccccc12)c1ccccc1. The number of thioether (sulfide) groups is 1. The van der Waals surface area contributed by atoms with E-state index in [0.717, 1.165) is 21.5 Å². The van der Waals surface area contributed by atoms with E-state index in [0.29, 0.717) is 5.75 Å². The van der Waals surface area contributed by atoms with Crippen molar-refractivity contribution in [2.75, 3.05) is 5.75 Å². The van der Waals surface area contributed by atoms with Gasteiger partial charge in [0.15, 0.2) is 0 Å². The van der Waals surface area contributed by atoms with Crippen molar-refractivity contribution in [2.24, 2.45) is 0 Å². The fourth-order valence-electron chi connectivity index (χ4n) is 2.34. The fraction of sp³-hybridized carbons (Fsp3) is 0.167. The predicted molar refractivity (Wildman–Crippen MR) is 93.3 cm³/mol. The highest BCUT2D eigenvalue weighted by Gasteiger charge is 2.11. The number of aromatic nitrogens is 2. The summed E-state index contributed by atoms with van der Waals surface area (Å²) in [7, 11) is 0. The van der Waals surface area contributed by atoms with Crippen LogP contribution in [0.25, 0.3) is 10.9 Å². The molecule has 0 saturated carbocycles. The van der Waals surface area contributed by atoms with Gasteiger partial charge in [-0.1, -0.05) is 60.3 Å². The summed E-state index contributed by atoms with van der Waals surface area (Å²) < 4.78 is 0. The van der Waals surface area contributed by atoms with Crippen LogP contribution in [0.5, 0.6) is 0 Å². The first-order valence-electron chi connectivity index (χ1n) is 7.41. The molecular formula is C18H17N3OS. The van der Waals surface area contributed by atoms with E-state index in [4.69, 9.17) is 0 Å². The maximum Gasteiger partial charge on any atom is 0.230 e. The number of amides is 1. The molecule has 1 atom stereocenters. The molecule has 0 spiro atoms. The van der Waals surface area contributed by atoms with Crippen LogP contribution >= 0.6 is 11.8 Å². The Morgan fingerprint density at radius 2 is 1.83 bits per heavy atom. The van der Waals surface area contributed by atoms with Gasteiger partial charge in [-0.15, -0.1) is 0 Å². The van der Waals surface area contributed by atoms with Crippen molar-refractivity contribution < 1.29 is 4.79 Å². The zero-order chi connectivity index (χ0) is 16.1. The quantitative estimate of drug-likeness (QED) is 0.576. The summed E-state index contributed by atoms with van der Waals surface area (Å²) >= 11 is 1.43. The number of para-hydroxylation sites is 1. The van der Waals surface area contributed by atoms with Gasteiger partial charge in [0.05, 0.1) is 17.3 Å². The summed E-state index contributed by atoms with van der Waals surface area (Å²) in [5.41, 5.74) is 1.99. The smallest absolute Gasteiger partial charge is 0.230 e. The average Bonchev–Trinajstić information content (AvgIpc) is 2.60. The van der Waals surface area contributed by atoms with E-state index in [2.05, 4.69) is 15.3 Å². The van der Waals surface area contributed by atoms with E-state index < -0.39 is 0 Å². The molecule has 3 aromatic rings. The van der Waals surface area contributed by atoms with Crippen LogP contribution < -0.4 is 5.32 Å². The Bertz CT molecular complexity index is 802. The van der Waals surface area contributed by atoms with E-state index in [1.807, 2.05) is 61.5 Å². The Kier molecular flexibility index (Phi) is 4.88. The molecule has 116 valence electrons. The second kappa shape index (κ2) is 7.24. The van der Waals surface area contributed by atoms with Gasteiger partial charge in [-0.2, -0.15) is 0 Å². The van der Waals surface area contributed by atoms with Crippen molar-refractivity contribution in [3.63, 3.8) is 0 Å². The second-order valence-corrected chi connectivity index (χ2v) is 6.15. The third-order valence-corrected chi connectivity index (χ3v) is 4.53. The van der Waals surface area contributed by atoms with E-state index >= 15 is 0 Å². The molecule has 1 N–H and O–H groups in total. The monoisotopic (exact) mass is 323 g/mol. The van der Waals surface area contributed by atoms with Crippen LogP contribution in [-0.4, -0.2) is 21.6 Å². The van der Waals surface area contributed by atoms with Gasteiger partial charge in [-0.05, 0) is 18.6 Å². The minimum absolute atomic E-state index is 0.00551. The van der Waals surface area contributed by atoms with Crippen LogP contribution in [0.3, 0.4) is 0 Å². The lowest BCUT2D eigenvalue weighted by atomic mass is 10.1. The number of fused-ring (bicyclic) bond motifs is 1. The number of nitrogens with zero attached hydrogens (tertiary/aromatic N) is 2. The predicted octanol–water partition coefficient (Wildman–Crippen LogP) is 3.60. The van der Waals surface area contributed by atoms with Crippen molar-refractivity contribution >= 4 is 28.6 Å². The number of benzene rings is 2. The normalized spacial score (nSPS) is 12.0. The number of nitrogens with one attached hydrogen (secondary N) is 1. The summed E-state index contributed by atoms with van der Waals surface area (Å²) in [5, 5.41) is 4.82. The molecule has 0 fully saturated rings. The molecule has 0 radical (unpaired) electrons. The van der Waals surface area contributed by atoms with Crippen LogP contribution in [-0.2, 0) is 4.79 Å². The molecule has 0 unspecified atom stereocenters. The zero-order valence-electron chi connectivity index (χ0n) is 12.8. The Labute approximate surface area is 139 Å². The van der Waals surface area contributed by atoms with E-state index in [1.165, 1.54) is 18.1 Å². The summed E-state index contributed by atoms with van der Waals surface area (Å²) in [6.45, 7) is 1.98. The van der Waals surface area contributed by atoms with Crippen LogP contribution in [0.2, 0.25) is 0 Å². The largest absolute Gasteiger partial charge is 0.349 e. The first kappa shape index (κ1) is 15.5. The second-order valence-electron chi connectivity index (χ2n) is 5.18. The molecule has 2 aromatic carbocycles. The van der Waals surface area contributed by atoms with E-state index in [1.54, 1.807) is 0 Å². The highest BCUT2D eigenvalue weighted by molar-refractivity contribution is 8.00. The lowest BCUT2D eigenvalue weighted by molar-refractivity contribution is -0.119. The number of hydrogen-bond acceptors (Lipinski definition) is 4. The van der Waals surface area contributed by atoms with Gasteiger partial charge < -0.3 is 5.32 Å². The maximum absolute atomic E-state index is 12.2. The molecule has 3 rings (SSSR count). The number of hydrogen-bond donors (Lipinski definition) is 1. The molecule has 0 bridgehead atoms. The molecule has 1 amide bonds. The first-order valence-corrected chi connectivity index (χ1v) is 8.39. The zero-order valence-corrected chi connectivity index (χ0v) is 13.6. The summed E-state index contributed by atoms with van der Waals surface area (Å²) in [6, 6.07) is 17.7.